The number of carbonyl (C=O) groups is 1. The first-order chi connectivity index (χ1) is 8.11. The molecule has 1 rings (SSSR count). The van der Waals surface area contributed by atoms with E-state index in [9.17, 15) is 4.79 Å². The number of hydrogen-bond acceptors (Lipinski definition) is 6. The van der Waals surface area contributed by atoms with Gasteiger partial charge >= 0.3 is 0 Å². The van der Waals surface area contributed by atoms with E-state index in [0.29, 0.717) is 24.7 Å². The number of anilines is 2. The quantitative estimate of drug-likeness (QED) is 0.413. The number of amides is 1. The number of nitrogens with one attached hydrogen (secondary N) is 3. The molecule has 94 valence electrons. The second-order valence-electron chi connectivity index (χ2n) is 3.81. The molecule has 17 heavy (non-hydrogen) atoms. The van der Waals surface area contributed by atoms with Gasteiger partial charge in [0.2, 0.25) is 11.9 Å². The molecule has 1 heterocycles. The predicted octanol–water partition coefficient (Wildman–Crippen LogP) is 0.0888. The fourth-order valence-corrected chi connectivity index (χ4v) is 1.22. The lowest BCUT2D eigenvalue weighted by Gasteiger charge is -2.09. The van der Waals surface area contributed by atoms with Crippen LogP contribution in [0.5, 0.6) is 0 Å². The zero-order valence-corrected chi connectivity index (χ0v) is 10.0. The van der Waals surface area contributed by atoms with Crippen molar-refractivity contribution in [2.45, 2.75) is 26.3 Å². The molecule has 5 N–H and O–H groups in total. The Morgan fingerprint density at radius 3 is 2.94 bits per heavy atom. The minimum absolute atomic E-state index is 0.0127. The van der Waals surface area contributed by atoms with Crippen molar-refractivity contribution in [3.63, 3.8) is 0 Å². The number of nitrogens with zero attached hydrogens (tertiary/aromatic N) is 2. The molecule has 0 aliphatic carbocycles. The molecular formula is C10H18N6O. The summed E-state index contributed by atoms with van der Waals surface area (Å²) in [5.41, 5.74) is 2.35. The zero-order valence-electron chi connectivity index (χ0n) is 10.0. The summed E-state index contributed by atoms with van der Waals surface area (Å²) in [6, 6.07) is 1.87. The molecule has 0 spiro atoms. The van der Waals surface area contributed by atoms with Crippen LogP contribution in [0.15, 0.2) is 12.3 Å². The maximum atomic E-state index is 11.4. The van der Waals surface area contributed by atoms with Gasteiger partial charge in [-0.25, -0.2) is 10.8 Å². The summed E-state index contributed by atoms with van der Waals surface area (Å²) in [5.74, 6) is 6.16. The average Bonchev–Trinajstić information content (AvgIpc) is 2.28. The number of aromatic nitrogens is 2. The molecule has 0 radical (unpaired) electrons. The van der Waals surface area contributed by atoms with Crippen LogP contribution in [0.2, 0.25) is 0 Å². The average molecular weight is 238 g/mol. The third-order valence-corrected chi connectivity index (χ3v) is 1.89. The van der Waals surface area contributed by atoms with Crippen LogP contribution in [0.25, 0.3) is 0 Å². The van der Waals surface area contributed by atoms with Crippen molar-refractivity contribution in [3.05, 3.63) is 12.3 Å². The first kappa shape index (κ1) is 13.2. The van der Waals surface area contributed by atoms with Gasteiger partial charge < -0.3 is 10.6 Å². The molecule has 0 fully saturated rings. The van der Waals surface area contributed by atoms with Crippen molar-refractivity contribution in [2.75, 3.05) is 17.3 Å². The molecule has 1 aromatic heterocycles. The fourth-order valence-electron chi connectivity index (χ4n) is 1.22. The smallest absolute Gasteiger partial charge is 0.239 e. The molecule has 0 saturated heterocycles. The third kappa shape index (κ3) is 5.12. The molecule has 1 amide bonds. The van der Waals surface area contributed by atoms with Crippen LogP contribution in [-0.4, -0.2) is 28.5 Å². The Bertz CT molecular complexity index is 368. The van der Waals surface area contributed by atoms with Gasteiger partial charge in [0, 0.05) is 25.2 Å². The molecule has 0 saturated carbocycles. The lowest BCUT2D eigenvalue weighted by molar-refractivity contribution is -0.121. The molecule has 7 heteroatoms. The molecule has 0 aliphatic rings. The van der Waals surface area contributed by atoms with Crippen molar-refractivity contribution in [2.24, 2.45) is 5.84 Å². The Morgan fingerprint density at radius 2 is 2.29 bits per heavy atom. The molecule has 0 bridgehead atoms. The van der Waals surface area contributed by atoms with Gasteiger partial charge in [0.15, 0.2) is 0 Å². The van der Waals surface area contributed by atoms with Gasteiger partial charge in [-0.3, -0.25) is 10.2 Å². The van der Waals surface area contributed by atoms with E-state index in [1.165, 1.54) is 0 Å². The Balaban J connectivity index is 2.32. The lowest BCUT2D eigenvalue weighted by Crippen LogP contribution is -2.31. The van der Waals surface area contributed by atoms with Crippen LogP contribution in [0.4, 0.5) is 11.8 Å². The van der Waals surface area contributed by atoms with Crippen molar-refractivity contribution in [1.29, 1.82) is 0 Å². The van der Waals surface area contributed by atoms with E-state index in [0.717, 1.165) is 0 Å². The molecule has 0 aliphatic heterocycles. The largest absolute Gasteiger partial charge is 0.369 e. The molecule has 7 nitrogen and oxygen atoms in total. The number of hydrogen-bond donors (Lipinski definition) is 4. The molecule has 0 atom stereocenters. The number of carbonyl (C=O) groups excluding carboxylic acids is 1. The van der Waals surface area contributed by atoms with Crippen LogP contribution >= 0.6 is 0 Å². The van der Waals surface area contributed by atoms with E-state index in [1.54, 1.807) is 12.3 Å². The second kappa shape index (κ2) is 6.64. The summed E-state index contributed by atoms with van der Waals surface area (Å²) >= 11 is 0. The van der Waals surface area contributed by atoms with Crippen LogP contribution in [0, 0.1) is 0 Å². The van der Waals surface area contributed by atoms with Gasteiger partial charge in [-0.2, -0.15) is 4.98 Å². The second-order valence-corrected chi connectivity index (χ2v) is 3.81. The highest BCUT2D eigenvalue weighted by atomic mass is 16.1. The number of hydrazine groups is 1. The SMILES string of the molecule is CC(C)NC(=O)CCNc1ccnc(NN)n1. The van der Waals surface area contributed by atoms with Gasteiger partial charge in [-0.05, 0) is 19.9 Å². The van der Waals surface area contributed by atoms with Crippen molar-refractivity contribution < 1.29 is 4.79 Å². The van der Waals surface area contributed by atoms with E-state index in [1.807, 2.05) is 13.8 Å². The van der Waals surface area contributed by atoms with E-state index < -0.39 is 0 Å². The van der Waals surface area contributed by atoms with Gasteiger partial charge in [-0.1, -0.05) is 0 Å². The van der Waals surface area contributed by atoms with Crippen LogP contribution in [0.3, 0.4) is 0 Å². The predicted molar refractivity (Wildman–Crippen MR) is 66.2 cm³/mol. The lowest BCUT2D eigenvalue weighted by atomic mass is 10.3. The summed E-state index contributed by atoms with van der Waals surface area (Å²) < 4.78 is 0. The molecule has 0 aromatic carbocycles. The van der Waals surface area contributed by atoms with Crippen molar-refractivity contribution in [3.8, 4) is 0 Å². The van der Waals surface area contributed by atoms with Crippen LogP contribution in [0.1, 0.15) is 20.3 Å². The Hall–Kier alpha value is -1.89. The summed E-state index contributed by atoms with van der Waals surface area (Å²) in [6.07, 6.45) is 1.98. The third-order valence-electron chi connectivity index (χ3n) is 1.89. The summed E-state index contributed by atoms with van der Waals surface area (Å²) in [6.45, 7) is 4.36. The van der Waals surface area contributed by atoms with Gasteiger partial charge in [-0.15, -0.1) is 0 Å². The summed E-state index contributed by atoms with van der Waals surface area (Å²) in [7, 11) is 0. The molecule has 0 unspecified atom stereocenters. The maximum absolute atomic E-state index is 11.4. The Morgan fingerprint density at radius 1 is 1.53 bits per heavy atom. The highest BCUT2D eigenvalue weighted by Crippen LogP contribution is 2.03. The van der Waals surface area contributed by atoms with Crippen LogP contribution in [-0.2, 0) is 4.79 Å². The highest BCUT2D eigenvalue weighted by molar-refractivity contribution is 5.76. The Kier molecular flexibility index (Phi) is 5.15. The summed E-state index contributed by atoms with van der Waals surface area (Å²) in [4.78, 5) is 19.3. The van der Waals surface area contributed by atoms with E-state index in [-0.39, 0.29) is 11.9 Å². The van der Waals surface area contributed by atoms with E-state index in [2.05, 4.69) is 26.0 Å². The highest BCUT2D eigenvalue weighted by Gasteiger charge is 2.03. The van der Waals surface area contributed by atoms with E-state index >= 15 is 0 Å². The van der Waals surface area contributed by atoms with E-state index in [4.69, 9.17) is 5.84 Å². The first-order valence-electron chi connectivity index (χ1n) is 5.44. The number of nitrogens with two attached hydrogens (primary N) is 1. The number of nitrogen functional groups attached to an aromatic ring is 1. The monoisotopic (exact) mass is 238 g/mol. The molecular weight excluding hydrogens is 220 g/mol. The van der Waals surface area contributed by atoms with Crippen molar-refractivity contribution >= 4 is 17.7 Å². The van der Waals surface area contributed by atoms with Gasteiger partial charge in [0.25, 0.3) is 0 Å². The standard InChI is InChI=1S/C10H18N6O/c1-7(2)14-9(17)4-6-12-8-3-5-13-10(15-8)16-11/h3,5,7H,4,6,11H2,1-2H3,(H,14,17)(H2,12,13,15,16). The minimum Gasteiger partial charge on any atom is -0.369 e. The van der Waals surface area contributed by atoms with Gasteiger partial charge in [0.05, 0.1) is 0 Å². The van der Waals surface area contributed by atoms with Gasteiger partial charge in [0.1, 0.15) is 5.82 Å². The topological polar surface area (TPSA) is 105 Å². The minimum atomic E-state index is 0.0127. The maximum Gasteiger partial charge on any atom is 0.239 e. The summed E-state index contributed by atoms with van der Waals surface area (Å²) in [5, 5.41) is 5.82. The first-order valence-corrected chi connectivity index (χ1v) is 5.44. The number of rotatable bonds is 6. The fraction of sp³-hybridized carbons (Fsp3) is 0.500. The zero-order chi connectivity index (χ0) is 12.7. The molecule has 1 aromatic rings. The normalized spacial score (nSPS) is 10.1. The van der Waals surface area contributed by atoms with Crippen LogP contribution < -0.4 is 21.9 Å². The Labute approximate surface area is 100 Å². The van der Waals surface area contributed by atoms with Crippen molar-refractivity contribution in [1.82, 2.24) is 15.3 Å².